The van der Waals surface area contributed by atoms with E-state index >= 15 is 0 Å². The Labute approximate surface area is 132 Å². The first-order valence-electron chi connectivity index (χ1n) is 6.96. The van der Waals surface area contributed by atoms with Gasteiger partial charge in [-0.05, 0) is 30.3 Å². The second-order valence-corrected chi connectivity index (χ2v) is 4.93. The number of aromatic nitrogens is 2. The molecule has 5 heteroatoms. The maximum Gasteiger partial charge on any atom is 0.262 e. The van der Waals surface area contributed by atoms with Gasteiger partial charge in [0.1, 0.15) is 5.82 Å². The molecule has 0 fully saturated rings. The Balaban J connectivity index is 2.34. The Bertz CT molecular complexity index is 984. The molecule has 1 aromatic heterocycles. The normalized spacial score (nSPS) is 10.4. The van der Waals surface area contributed by atoms with Gasteiger partial charge in [0.15, 0.2) is 11.5 Å². The Hall–Kier alpha value is -3.26. The highest BCUT2D eigenvalue weighted by Gasteiger charge is 2.13. The average molecular weight is 306 g/mol. The van der Waals surface area contributed by atoms with Gasteiger partial charge in [0.2, 0.25) is 0 Å². The van der Waals surface area contributed by atoms with Crippen LogP contribution in [0.3, 0.4) is 0 Å². The van der Waals surface area contributed by atoms with Gasteiger partial charge in [-0.25, -0.2) is 4.98 Å². The van der Waals surface area contributed by atoms with Gasteiger partial charge < -0.3 is 9.84 Å². The largest absolute Gasteiger partial charge is 0.504 e. The summed E-state index contributed by atoms with van der Waals surface area (Å²) < 4.78 is 6.56. The fraction of sp³-hybridized carbons (Fsp3) is 0.111. The molecule has 5 nitrogen and oxygen atoms in total. The van der Waals surface area contributed by atoms with Crippen LogP contribution in [-0.2, 0) is 6.54 Å². The van der Waals surface area contributed by atoms with Gasteiger partial charge >= 0.3 is 0 Å². The summed E-state index contributed by atoms with van der Waals surface area (Å²) in [5.74, 6) is 3.24. The van der Waals surface area contributed by atoms with E-state index in [1.165, 1.54) is 17.7 Å². The number of terminal acetylenes is 1. The fourth-order valence-electron chi connectivity index (χ4n) is 2.44. The van der Waals surface area contributed by atoms with Crippen LogP contribution in [0.15, 0.2) is 47.3 Å². The molecule has 0 aliphatic carbocycles. The Morgan fingerprint density at radius 1 is 1.30 bits per heavy atom. The molecule has 0 saturated carbocycles. The maximum atomic E-state index is 12.7. The molecule has 114 valence electrons. The van der Waals surface area contributed by atoms with Crippen molar-refractivity contribution in [2.24, 2.45) is 0 Å². The van der Waals surface area contributed by atoms with Crippen LogP contribution in [0.2, 0.25) is 0 Å². The molecular formula is C18H14N2O3. The summed E-state index contributed by atoms with van der Waals surface area (Å²) in [5, 5.41) is 10.2. The number of methoxy groups -OCH3 is 1. The number of phenolic OH excluding ortho intramolecular Hbond substituents is 1. The highest BCUT2D eigenvalue weighted by atomic mass is 16.5. The minimum atomic E-state index is -0.199. The lowest BCUT2D eigenvalue weighted by Gasteiger charge is -2.12. The molecule has 1 N–H and O–H groups in total. The van der Waals surface area contributed by atoms with Crippen LogP contribution in [0.1, 0.15) is 0 Å². The summed E-state index contributed by atoms with van der Waals surface area (Å²) in [6, 6.07) is 11.9. The summed E-state index contributed by atoms with van der Waals surface area (Å²) >= 11 is 0. The zero-order valence-electron chi connectivity index (χ0n) is 12.5. The van der Waals surface area contributed by atoms with Gasteiger partial charge in [-0.1, -0.05) is 18.1 Å². The number of phenols is 1. The van der Waals surface area contributed by atoms with Crippen molar-refractivity contribution in [2.75, 3.05) is 7.11 Å². The van der Waals surface area contributed by atoms with Gasteiger partial charge in [0.05, 0.1) is 24.6 Å². The Morgan fingerprint density at radius 3 is 2.83 bits per heavy atom. The molecule has 0 amide bonds. The molecule has 3 aromatic rings. The second kappa shape index (κ2) is 5.85. The van der Waals surface area contributed by atoms with E-state index in [9.17, 15) is 9.90 Å². The van der Waals surface area contributed by atoms with E-state index in [0.29, 0.717) is 28.0 Å². The third kappa shape index (κ3) is 2.51. The first kappa shape index (κ1) is 14.7. The lowest BCUT2D eigenvalue weighted by molar-refractivity contribution is 0.373. The molecule has 1 heterocycles. The molecule has 0 saturated heterocycles. The second-order valence-electron chi connectivity index (χ2n) is 4.93. The molecule has 0 radical (unpaired) electrons. The summed E-state index contributed by atoms with van der Waals surface area (Å²) in [6.45, 7) is 0.106. The number of benzene rings is 2. The van der Waals surface area contributed by atoms with Gasteiger partial charge in [-0.3, -0.25) is 9.36 Å². The SMILES string of the molecule is C#CCn1c(-c2ccc(O)c(OC)c2)nc2ccccc2c1=O. The molecule has 0 atom stereocenters. The minimum absolute atomic E-state index is 0.0166. The fourth-order valence-corrected chi connectivity index (χ4v) is 2.44. The molecule has 0 aliphatic heterocycles. The smallest absolute Gasteiger partial charge is 0.262 e. The number of fused-ring (bicyclic) bond motifs is 1. The lowest BCUT2D eigenvalue weighted by atomic mass is 10.1. The zero-order chi connectivity index (χ0) is 16.4. The van der Waals surface area contributed by atoms with Crippen LogP contribution < -0.4 is 10.3 Å². The van der Waals surface area contributed by atoms with E-state index in [-0.39, 0.29) is 17.9 Å². The van der Waals surface area contributed by atoms with Crippen LogP contribution in [0.25, 0.3) is 22.3 Å². The van der Waals surface area contributed by atoms with Crippen LogP contribution in [-0.4, -0.2) is 21.8 Å². The van der Waals surface area contributed by atoms with Crippen molar-refractivity contribution >= 4 is 10.9 Å². The van der Waals surface area contributed by atoms with Crippen molar-refractivity contribution in [2.45, 2.75) is 6.54 Å². The van der Waals surface area contributed by atoms with Gasteiger partial charge in [-0.15, -0.1) is 6.42 Å². The summed E-state index contributed by atoms with van der Waals surface area (Å²) in [7, 11) is 1.46. The molecular weight excluding hydrogens is 292 g/mol. The predicted molar refractivity (Wildman–Crippen MR) is 88.5 cm³/mol. The highest BCUT2D eigenvalue weighted by molar-refractivity contribution is 5.80. The number of aromatic hydroxyl groups is 1. The van der Waals surface area contributed by atoms with Crippen LogP contribution >= 0.6 is 0 Å². The van der Waals surface area contributed by atoms with E-state index in [2.05, 4.69) is 10.9 Å². The first-order chi connectivity index (χ1) is 11.2. The molecule has 0 aliphatic rings. The third-order valence-corrected chi connectivity index (χ3v) is 3.55. The van der Waals surface area contributed by atoms with Gasteiger partial charge in [0, 0.05) is 5.56 Å². The number of ether oxygens (including phenoxy) is 1. The van der Waals surface area contributed by atoms with Crippen LogP contribution in [0.4, 0.5) is 0 Å². The van der Waals surface area contributed by atoms with E-state index in [4.69, 9.17) is 11.2 Å². The Morgan fingerprint density at radius 2 is 2.09 bits per heavy atom. The van der Waals surface area contributed by atoms with Crippen LogP contribution in [0, 0.1) is 12.3 Å². The van der Waals surface area contributed by atoms with E-state index in [1.54, 1.807) is 30.3 Å². The van der Waals surface area contributed by atoms with Crippen molar-refractivity contribution in [3.8, 4) is 35.2 Å². The number of hydrogen-bond donors (Lipinski definition) is 1. The molecule has 2 aromatic carbocycles. The van der Waals surface area contributed by atoms with E-state index in [1.807, 2.05) is 6.07 Å². The van der Waals surface area contributed by atoms with Crippen LogP contribution in [0.5, 0.6) is 11.5 Å². The summed E-state index contributed by atoms with van der Waals surface area (Å²) in [4.78, 5) is 17.2. The monoisotopic (exact) mass is 306 g/mol. The number of para-hydroxylation sites is 1. The van der Waals surface area contributed by atoms with Gasteiger partial charge in [0.25, 0.3) is 5.56 Å². The number of hydrogen-bond acceptors (Lipinski definition) is 4. The Kier molecular flexibility index (Phi) is 3.73. The molecule has 3 rings (SSSR count). The minimum Gasteiger partial charge on any atom is -0.504 e. The summed E-state index contributed by atoms with van der Waals surface area (Å²) in [6.07, 6.45) is 5.40. The van der Waals surface area contributed by atoms with Crippen molar-refractivity contribution in [1.29, 1.82) is 0 Å². The van der Waals surface area contributed by atoms with E-state index in [0.717, 1.165) is 0 Å². The van der Waals surface area contributed by atoms with Crippen molar-refractivity contribution in [3.05, 3.63) is 52.8 Å². The van der Waals surface area contributed by atoms with Gasteiger partial charge in [-0.2, -0.15) is 0 Å². The number of rotatable bonds is 3. The first-order valence-corrected chi connectivity index (χ1v) is 6.96. The van der Waals surface area contributed by atoms with Crippen molar-refractivity contribution in [1.82, 2.24) is 9.55 Å². The quantitative estimate of drug-likeness (QED) is 0.755. The molecule has 0 spiro atoms. The molecule has 23 heavy (non-hydrogen) atoms. The zero-order valence-corrected chi connectivity index (χ0v) is 12.5. The van der Waals surface area contributed by atoms with Crippen molar-refractivity contribution in [3.63, 3.8) is 0 Å². The average Bonchev–Trinajstić information content (AvgIpc) is 2.58. The highest BCUT2D eigenvalue weighted by Crippen LogP contribution is 2.30. The molecule has 0 unspecified atom stereocenters. The van der Waals surface area contributed by atoms with E-state index < -0.39 is 0 Å². The summed E-state index contributed by atoms with van der Waals surface area (Å²) in [5.41, 5.74) is 1.03. The standard InChI is InChI=1S/C18H14N2O3/c1-3-10-20-17(12-8-9-15(21)16(11-12)23-2)19-14-7-5-4-6-13(14)18(20)22/h1,4-9,11,21H,10H2,2H3. The topological polar surface area (TPSA) is 64.3 Å². The lowest BCUT2D eigenvalue weighted by Crippen LogP contribution is -2.23. The number of nitrogens with zero attached hydrogens (tertiary/aromatic N) is 2. The predicted octanol–water partition coefficient (Wildman–Crippen LogP) is 2.41. The maximum absolute atomic E-state index is 12.7. The third-order valence-electron chi connectivity index (χ3n) is 3.55. The molecule has 0 bridgehead atoms. The van der Waals surface area contributed by atoms with Crippen molar-refractivity contribution < 1.29 is 9.84 Å².